The van der Waals surface area contributed by atoms with E-state index in [0.29, 0.717) is 11.3 Å². The maximum Gasteiger partial charge on any atom is 0.267 e. The van der Waals surface area contributed by atoms with Crippen molar-refractivity contribution in [3.05, 3.63) is 60.2 Å². The summed E-state index contributed by atoms with van der Waals surface area (Å²) >= 11 is 0. The van der Waals surface area contributed by atoms with Gasteiger partial charge < -0.3 is 9.64 Å². The summed E-state index contributed by atoms with van der Waals surface area (Å²) in [6.45, 7) is 1.68. The molecular formula is C17H16N2O2. The van der Waals surface area contributed by atoms with Crippen molar-refractivity contribution in [1.82, 2.24) is 0 Å². The lowest BCUT2D eigenvalue weighted by Crippen LogP contribution is -2.38. The van der Waals surface area contributed by atoms with Crippen LogP contribution in [0, 0.1) is 11.3 Å². The number of anilines is 1. The molecule has 106 valence electrons. The molecule has 21 heavy (non-hydrogen) atoms. The van der Waals surface area contributed by atoms with Crippen molar-refractivity contribution < 1.29 is 9.53 Å². The van der Waals surface area contributed by atoms with Crippen LogP contribution in [0.4, 0.5) is 5.69 Å². The van der Waals surface area contributed by atoms with Crippen molar-refractivity contribution in [2.45, 2.75) is 13.0 Å². The van der Waals surface area contributed by atoms with Crippen molar-refractivity contribution in [2.75, 3.05) is 11.9 Å². The molecular weight excluding hydrogens is 264 g/mol. The summed E-state index contributed by atoms with van der Waals surface area (Å²) in [5.41, 5.74) is 1.21. The molecule has 1 amide bonds. The molecule has 0 saturated heterocycles. The van der Waals surface area contributed by atoms with Crippen LogP contribution in [-0.2, 0) is 4.79 Å². The molecule has 0 N–H and O–H groups in total. The Balaban J connectivity index is 2.12. The highest BCUT2D eigenvalue weighted by Crippen LogP contribution is 2.20. The third-order valence-corrected chi connectivity index (χ3v) is 3.13. The van der Waals surface area contributed by atoms with Crippen molar-refractivity contribution >= 4 is 11.6 Å². The summed E-state index contributed by atoms with van der Waals surface area (Å²) in [5.74, 6) is 0.247. The fourth-order valence-electron chi connectivity index (χ4n) is 1.95. The Morgan fingerprint density at radius 1 is 1.14 bits per heavy atom. The molecule has 0 radical (unpaired) electrons. The molecule has 0 saturated carbocycles. The third-order valence-electron chi connectivity index (χ3n) is 3.13. The highest BCUT2D eigenvalue weighted by molar-refractivity contribution is 5.96. The van der Waals surface area contributed by atoms with Gasteiger partial charge in [-0.25, -0.2) is 0 Å². The Bertz CT molecular complexity index is 662. The number of hydrogen-bond acceptors (Lipinski definition) is 3. The molecule has 0 bridgehead atoms. The van der Waals surface area contributed by atoms with Gasteiger partial charge in [0.1, 0.15) is 11.8 Å². The molecule has 1 atom stereocenters. The second-order valence-electron chi connectivity index (χ2n) is 4.60. The lowest BCUT2D eigenvalue weighted by Gasteiger charge is -2.22. The molecule has 4 nitrogen and oxygen atoms in total. The SMILES string of the molecule is CC(Oc1ccccc1C#N)C(=O)N(C)c1ccccc1. The van der Waals surface area contributed by atoms with Gasteiger partial charge in [-0.15, -0.1) is 0 Å². The number of carbonyl (C=O) groups excluding carboxylic acids is 1. The van der Waals surface area contributed by atoms with E-state index in [9.17, 15) is 4.79 Å². The van der Waals surface area contributed by atoms with Crippen molar-refractivity contribution in [2.24, 2.45) is 0 Å². The van der Waals surface area contributed by atoms with E-state index in [0.717, 1.165) is 5.69 Å². The quantitative estimate of drug-likeness (QED) is 0.865. The predicted molar refractivity (Wildman–Crippen MR) is 81.1 cm³/mol. The van der Waals surface area contributed by atoms with Gasteiger partial charge in [0.2, 0.25) is 0 Å². The molecule has 0 fully saturated rings. The lowest BCUT2D eigenvalue weighted by atomic mass is 10.2. The molecule has 2 aromatic carbocycles. The minimum Gasteiger partial charge on any atom is -0.479 e. The predicted octanol–water partition coefficient (Wildman–Crippen LogP) is 2.99. The first-order chi connectivity index (χ1) is 10.1. The molecule has 0 aliphatic carbocycles. The lowest BCUT2D eigenvalue weighted by molar-refractivity contribution is -0.124. The van der Waals surface area contributed by atoms with Gasteiger partial charge in [-0.1, -0.05) is 30.3 Å². The first kappa shape index (κ1) is 14.6. The zero-order chi connectivity index (χ0) is 15.2. The summed E-state index contributed by atoms with van der Waals surface area (Å²) < 4.78 is 5.63. The first-order valence-electron chi connectivity index (χ1n) is 6.62. The minimum absolute atomic E-state index is 0.172. The molecule has 0 aromatic heterocycles. The summed E-state index contributed by atoms with van der Waals surface area (Å²) in [7, 11) is 1.70. The van der Waals surface area contributed by atoms with Crippen molar-refractivity contribution in [3.8, 4) is 11.8 Å². The normalized spacial score (nSPS) is 11.3. The van der Waals surface area contributed by atoms with E-state index in [2.05, 4.69) is 6.07 Å². The molecule has 0 aliphatic rings. The van der Waals surface area contributed by atoms with E-state index in [-0.39, 0.29) is 5.91 Å². The minimum atomic E-state index is -0.676. The van der Waals surface area contributed by atoms with Crippen LogP contribution in [0.3, 0.4) is 0 Å². The fourth-order valence-corrected chi connectivity index (χ4v) is 1.95. The maximum atomic E-state index is 12.4. The Morgan fingerprint density at radius 3 is 2.43 bits per heavy atom. The van der Waals surface area contributed by atoms with E-state index in [4.69, 9.17) is 10.00 Å². The van der Waals surface area contributed by atoms with Crippen LogP contribution >= 0.6 is 0 Å². The van der Waals surface area contributed by atoms with E-state index in [1.807, 2.05) is 30.3 Å². The summed E-state index contributed by atoms with van der Waals surface area (Å²) in [6, 6.07) is 18.3. The Morgan fingerprint density at radius 2 is 1.76 bits per heavy atom. The number of nitrogens with zero attached hydrogens (tertiary/aromatic N) is 2. The highest BCUT2D eigenvalue weighted by atomic mass is 16.5. The molecule has 0 heterocycles. The molecule has 2 rings (SSSR count). The van der Waals surface area contributed by atoms with Crippen LogP contribution in [-0.4, -0.2) is 19.1 Å². The topological polar surface area (TPSA) is 53.3 Å². The molecule has 1 unspecified atom stereocenters. The zero-order valence-corrected chi connectivity index (χ0v) is 12.0. The van der Waals surface area contributed by atoms with E-state index in [1.54, 1.807) is 43.1 Å². The molecule has 0 spiro atoms. The smallest absolute Gasteiger partial charge is 0.267 e. The number of carbonyl (C=O) groups is 1. The van der Waals surface area contributed by atoms with Crippen LogP contribution in [0.15, 0.2) is 54.6 Å². The van der Waals surface area contributed by atoms with Gasteiger partial charge in [0.15, 0.2) is 6.10 Å². The van der Waals surface area contributed by atoms with Gasteiger partial charge in [-0.2, -0.15) is 5.26 Å². The van der Waals surface area contributed by atoms with Gasteiger partial charge in [0.05, 0.1) is 5.56 Å². The van der Waals surface area contributed by atoms with Crippen molar-refractivity contribution in [1.29, 1.82) is 5.26 Å². The first-order valence-corrected chi connectivity index (χ1v) is 6.62. The summed E-state index contributed by atoms with van der Waals surface area (Å²) in [5, 5.41) is 9.03. The standard InChI is InChI=1S/C17H16N2O2/c1-13(21-16-11-7-6-8-14(16)12-18)17(20)19(2)15-9-4-3-5-10-15/h3-11,13H,1-2H3. The highest BCUT2D eigenvalue weighted by Gasteiger charge is 2.21. The molecule has 0 aliphatic heterocycles. The fraction of sp³-hybridized carbons (Fsp3) is 0.176. The van der Waals surface area contributed by atoms with Gasteiger partial charge >= 0.3 is 0 Å². The van der Waals surface area contributed by atoms with Gasteiger partial charge in [-0.05, 0) is 31.2 Å². The Hall–Kier alpha value is -2.80. The van der Waals surface area contributed by atoms with Gasteiger partial charge in [-0.3, -0.25) is 4.79 Å². The number of ether oxygens (including phenoxy) is 1. The molecule has 2 aromatic rings. The van der Waals surface area contributed by atoms with Crippen LogP contribution in [0.2, 0.25) is 0 Å². The summed E-state index contributed by atoms with van der Waals surface area (Å²) in [4.78, 5) is 13.9. The number of amides is 1. The molecule has 4 heteroatoms. The largest absolute Gasteiger partial charge is 0.479 e. The van der Waals surface area contributed by atoms with E-state index in [1.165, 1.54) is 0 Å². The zero-order valence-electron chi connectivity index (χ0n) is 12.0. The third kappa shape index (κ3) is 3.40. The van der Waals surface area contributed by atoms with E-state index < -0.39 is 6.10 Å². The van der Waals surface area contributed by atoms with Crippen LogP contribution in [0.25, 0.3) is 0 Å². The van der Waals surface area contributed by atoms with Crippen molar-refractivity contribution in [3.63, 3.8) is 0 Å². The van der Waals surface area contributed by atoms with E-state index >= 15 is 0 Å². The van der Waals surface area contributed by atoms with Gasteiger partial charge in [0.25, 0.3) is 5.91 Å². The number of nitriles is 1. The average Bonchev–Trinajstić information content (AvgIpc) is 2.54. The number of hydrogen-bond donors (Lipinski definition) is 0. The number of benzene rings is 2. The number of para-hydroxylation sites is 2. The van der Waals surface area contributed by atoms with Crippen LogP contribution < -0.4 is 9.64 Å². The summed E-state index contributed by atoms with van der Waals surface area (Å²) in [6.07, 6.45) is -0.676. The Labute approximate surface area is 124 Å². The second kappa shape index (κ2) is 6.58. The van der Waals surface area contributed by atoms with Crippen LogP contribution in [0.1, 0.15) is 12.5 Å². The monoisotopic (exact) mass is 280 g/mol. The second-order valence-corrected chi connectivity index (χ2v) is 4.60. The Kier molecular flexibility index (Phi) is 4.57. The number of likely N-dealkylation sites (N-methyl/N-ethyl adjacent to an activating group) is 1. The van der Waals surface area contributed by atoms with Gasteiger partial charge in [0, 0.05) is 12.7 Å². The average molecular weight is 280 g/mol. The number of rotatable bonds is 4. The maximum absolute atomic E-state index is 12.4. The van der Waals surface area contributed by atoms with Crippen LogP contribution in [0.5, 0.6) is 5.75 Å².